The van der Waals surface area contributed by atoms with E-state index in [2.05, 4.69) is 25.6 Å². The van der Waals surface area contributed by atoms with E-state index in [0.29, 0.717) is 4.47 Å². The highest BCUT2D eigenvalue weighted by Gasteiger charge is 2.18. The van der Waals surface area contributed by atoms with Crippen molar-refractivity contribution in [3.05, 3.63) is 51.6 Å². The number of benzene rings is 1. The summed E-state index contributed by atoms with van der Waals surface area (Å²) in [6.45, 7) is 1.78. The number of hydrogen-bond acceptors (Lipinski definition) is 3. The Bertz CT molecular complexity index is 719. The Hall–Kier alpha value is -1.11. The third-order valence-electron chi connectivity index (χ3n) is 2.31. The van der Waals surface area contributed by atoms with Crippen LogP contribution in [0, 0.1) is 6.92 Å². The lowest BCUT2D eigenvalue weighted by molar-refractivity contribution is 0.601. The molecule has 0 spiro atoms. The topological polar surface area (TPSA) is 59.1 Å². The Morgan fingerprint density at radius 3 is 2.63 bits per heavy atom. The molecule has 0 fully saturated rings. The van der Waals surface area contributed by atoms with Gasteiger partial charge in [0.25, 0.3) is 10.0 Å². The van der Waals surface area contributed by atoms with Crippen molar-refractivity contribution < 1.29 is 8.42 Å². The van der Waals surface area contributed by atoms with Gasteiger partial charge in [0.15, 0.2) is 0 Å². The molecule has 0 aliphatic carbocycles. The van der Waals surface area contributed by atoms with Crippen molar-refractivity contribution >= 4 is 43.4 Å². The highest BCUT2D eigenvalue weighted by atomic mass is 79.9. The average Bonchev–Trinajstić information content (AvgIpc) is 2.27. The van der Waals surface area contributed by atoms with E-state index >= 15 is 0 Å². The first-order valence-corrected chi connectivity index (χ1v) is 7.95. The molecule has 0 bridgehead atoms. The number of anilines is 1. The van der Waals surface area contributed by atoms with E-state index in [4.69, 9.17) is 11.6 Å². The number of pyridine rings is 1. The van der Waals surface area contributed by atoms with Crippen molar-refractivity contribution in [3.8, 4) is 0 Å². The Kier molecular flexibility index (Phi) is 4.13. The van der Waals surface area contributed by atoms with Gasteiger partial charge in [0, 0.05) is 10.2 Å². The summed E-state index contributed by atoms with van der Waals surface area (Å²) in [5.74, 6) is 0.263. The number of nitrogens with one attached hydrogen (secondary N) is 1. The number of nitrogens with zero attached hydrogens (tertiary/aromatic N) is 1. The molecule has 7 heteroatoms. The Labute approximate surface area is 125 Å². The smallest absolute Gasteiger partial charge is 0.263 e. The minimum absolute atomic E-state index is 0.0145. The predicted octanol–water partition coefficient (Wildman–Crippen LogP) is 3.61. The Morgan fingerprint density at radius 1 is 1.26 bits per heavy atom. The highest BCUT2D eigenvalue weighted by Crippen LogP contribution is 2.26. The van der Waals surface area contributed by atoms with Crippen LogP contribution in [0.25, 0.3) is 0 Å². The Morgan fingerprint density at radius 2 is 2.00 bits per heavy atom. The van der Waals surface area contributed by atoms with Crippen molar-refractivity contribution in [3.63, 3.8) is 0 Å². The maximum absolute atomic E-state index is 12.2. The SMILES string of the molecule is Cc1cccc(NS(=O)(=O)c2ccc(Br)cc2Cl)n1. The van der Waals surface area contributed by atoms with Crippen LogP contribution in [-0.4, -0.2) is 13.4 Å². The molecule has 0 atom stereocenters. The van der Waals surface area contributed by atoms with Crippen molar-refractivity contribution in [2.24, 2.45) is 0 Å². The second-order valence-electron chi connectivity index (χ2n) is 3.84. The molecule has 0 aliphatic rings. The molecule has 1 aromatic carbocycles. The molecule has 2 aromatic rings. The molecule has 1 heterocycles. The standard InChI is InChI=1S/C12H10BrClN2O2S/c1-8-3-2-4-12(15-8)16-19(17,18)11-6-5-9(13)7-10(11)14/h2-7H,1H3,(H,15,16). The summed E-state index contributed by atoms with van der Waals surface area (Å²) >= 11 is 9.17. The summed E-state index contributed by atoms with van der Waals surface area (Å²) in [7, 11) is -3.74. The van der Waals surface area contributed by atoms with Gasteiger partial charge in [0.1, 0.15) is 10.7 Å². The first-order chi connectivity index (χ1) is 8.88. The zero-order valence-corrected chi connectivity index (χ0v) is 13.1. The van der Waals surface area contributed by atoms with Gasteiger partial charge in [-0.05, 0) is 37.3 Å². The summed E-state index contributed by atoms with van der Waals surface area (Å²) in [5, 5.41) is 0.148. The number of sulfonamides is 1. The number of halogens is 2. The molecule has 2 rings (SSSR count). The van der Waals surface area contributed by atoms with E-state index in [1.807, 2.05) is 0 Å². The summed E-state index contributed by atoms with van der Waals surface area (Å²) in [6.07, 6.45) is 0. The lowest BCUT2D eigenvalue weighted by Gasteiger charge is -2.09. The van der Waals surface area contributed by atoms with E-state index in [1.54, 1.807) is 31.2 Å². The fraction of sp³-hybridized carbons (Fsp3) is 0.0833. The fourth-order valence-electron chi connectivity index (χ4n) is 1.49. The van der Waals surface area contributed by atoms with Crippen LogP contribution in [0.4, 0.5) is 5.82 Å². The predicted molar refractivity (Wildman–Crippen MR) is 78.9 cm³/mol. The van der Waals surface area contributed by atoms with E-state index in [1.165, 1.54) is 12.1 Å². The maximum atomic E-state index is 12.2. The zero-order valence-electron chi connectivity index (χ0n) is 9.89. The van der Waals surface area contributed by atoms with Gasteiger partial charge in [-0.2, -0.15) is 0 Å². The summed E-state index contributed by atoms with van der Waals surface area (Å²) in [5.41, 5.74) is 0.724. The molecule has 0 radical (unpaired) electrons. The van der Waals surface area contributed by atoms with Gasteiger partial charge in [-0.3, -0.25) is 4.72 Å². The number of rotatable bonds is 3. The normalized spacial score (nSPS) is 11.3. The van der Waals surface area contributed by atoms with Crippen molar-refractivity contribution in [1.29, 1.82) is 0 Å². The summed E-state index contributed by atoms with van der Waals surface area (Å²) in [6, 6.07) is 9.67. The molecule has 4 nitrogen and oxygen atoms in total. The lowest BCUT2D eigenvalue weighted by Crippen LogP contribution is -2.14. The minimum atomic E-state index is -3.74. The maximum Gasteiger partial charge on any atom is 0.264 e. The molecule has 0 aliphatic heterocycles. The van der Waals surface area contributed by atoms with Crippen molar-refractivity contribution in [1.82, 2.24) is 4.98 Å². The second-order valence-corrected chi connectivity index (χ2v) is 6.82. The van der Waals surface area contributed by atoms with E-state index in [9.17, 15) is 8.42 Å². The third kappa shape index (κ3) is 3.46. The molecular formula is C12H10BrClN2O2S. The highest BCUT2D eigenvalue weighted by molar-refractivity contribution is 9.10. The molecule has 0 amide bonds. The summed E-state index contributed by atoms with van der Waals surface area (Å²) in [4.78, 5) is 4.10. The van der Waals surface area contributed by atoms with Crippen LogP contribution in [0.3, 0.4) is 0 Å². The van der Waals surface area contributed by atoms with Gasteiger partial charge < -0.3 is 0 Å². The van der Waals surface area contributed by atoms with Gasteiger partial charge in [0.2, 0.25) is 0 Å². The van der Waals surface area contributed by atoms with Crippen LogP contribution in [0.2, 0.25) is 5.02 Å². The van der Waals surface area contributed by atoms with Crippen LogP contribution in [0.15, 0.2) is 45.8 Å². The van der Waals surface area contributed by atoms with E-state index in [-0.39, 0.29) is 15.7 Å². The van der Waals surface area contributed by atoms with Gasteiger partial charge in [-0.15, -0.1) is 0 Å². The molecule has 19 heavy (non-hydrogen) atoms. The number of hydrogen-bond donors (Lipinski definition) is 1. The van der Waals surface area contributed by atoms with Crippen molar-refractivity contribution in [2.45, 2.75) is 11.8 Å². The van der Waals surface area contributed by atoms with E-state index < -0.39 is 10.0 Å². The van der Waals surface area contributed by atoms with Crippen LogP contribution in [-0.2, 0) is 10.0 Å². The first-order valence-electron chi connectivity index (χ1n) is 5.30. The molecular weight excluding hydrogens is 352 g/mol. The molecule has 1 N–H and O–H groups in total. The fourth-order valence-corrected chi connectivity index (χ4v) is 3.53. The average molecular weight is 362 g/mol. The van der Waals surface area contributed by atoms with Crippen molar-refractivity contribution in [2.75, 3.05) is 4.72 Å². The molecule has 0 saturated carbocycles. The molecule has 100 valence electrons. The summed E-state index contributed by atoms with van der Waals surface area (Å²) < 4.78 is 27.5. The first kappa shape index (κ1) is 14.3. The zero-order chi connectivity index (χ0) is 14.0. The van der Waals surface area contributed by atoms with Gasteiger partial charge in [0.05, 0.1) is 5.02 Å². The second kappa shape index (κ2) is 5.48. The Balaban J connectivity index is 2.38. The molecule has 1 aromatic heterocycles. The quantitative estimate of drug-likeness (QED) is 0.908. The number of aromatic nitrogens is 1. The van der Waals surface area contributed by atoms with E-state index in [0.717, 1.165) is 5.69 Å². The van der Waals surface area contributed by atoms with Gasteiger partial charge >= 0.3 is 0 Å². The monoisotopic (exact) mass is 360 g/mol. The van der Waals surface area contributed by atoms with Crippen LogP contribution < -0.4 is 4.72 Å². The van der Waals surface area contributed by atoms with Crippen LogP contribution in [0.5, 0.6) is 0 Å². The number of aryl methyl sites for hydroxylation is 1. The van der Waals surface area contributed by atoms with Gasteiger partial charge in [-0.1, -0.05) is 33.6 Å². The van der Waals surface area contributed by atoms with Crippen LogP contribution in [0.1, 0.15) is 5.69 Å². The van der Waals surface area contributed by atoms with Crippen LogP contribution >= 0.6 is 27.5 Å². The molecule has 0 saturated heterocycles. The lowest BCUT2D eigenvalue weighted by atomic mass is 10.4. The molecule has 0 unspecified atom stereocenters. The third-order valence-corrected chi connectivity index (χ3v) is 4.64. The minimum Gasteiger partial charge on any atom is -0.263 e. The van der Waals surface area contributed by atoms with Gasteiger partial charge in [-0.25, -0.2) is 13.4 Å². The largest absolute Gasteiger partial charge is 0.264 e.